The Morgan fingerprint density at radius 1 is 1.26 bits per heavy atom. The van der Waals surface area contributed by atoms with E-state index in [0.717, 1.165) is 16.2 Å². The number of anilines is 1. The van der Waals surface area contributed by atoms with Gasteiger partial charge in [0.05, 0.1) is 24.5 Å². The van der Waals surface area contributed by atoms with Crippen molar-refractivity contribution in [3.05, 3.63) is 64.7 Å². The molecule has 2 N–H and O–H groups in total. The van der Waals surface area contributed by atoms with Crippen molar-refractivity contribution < 1.29 is 28.3 Å². The summed E-state index contributed by atoms with van der Waals surface area (Å²) in [6.07, 6.45) is 1.46. The molecule has 1 unspecified atom stereocenters. The van der Waals surface area contributed by atoms with Gasteiger partial charge in [0.25, 0.3) is 5.91 Å². The van der Waals surface area contributed by atoms with Crippen molar-refractivity contribution in [2.75, 3.05) is 18.5 Å². The highest BCUT2D eigenvalue weighted by Gasteiger charge is 2.49. The van der Waals surface area contributed by atoms with E-state index in [1.54, 1.807) is 48.7 Å². The highest BCUT2D eigenvalue weighted by molar-refractivity contribution is 7.15. The number of carbonyl (C=O) groups excluding carboxylic acids is 4. The van der Waals surface area contributed by atoms with Crippen LogP contribution in [0.1, 0.15) is 35.3 Å². The summed E-state index contributed by atoms with van der Waals surface area (Å²) >= 11 is 1.09. The van der Waals surface area contributed by atoms with Crippen molar-refractivity contribution in [3.63, 3.8) is 0 Å². The SMILES string of the molecule is CCOC(=O)c1c(-c2ccco2)csc1NC(=O)CN1C(=O)NC(C)(c2ccc(C#N)cc2)C1=O. The molecular weight excluding hydrogens is 472 g/mol. The third kappa shape index (κ3) is 4.39. The molecule has 4 amide bonds. The minimum Gasteiger partial charge on any atom is -0.464 e. The Morgan fingerprint density at radius 2 is 2.00 bits per heavy atom. The number of benzene rings is 1. The molecule has 1 atom stereocenters. The van der Waals surface area contributed by atoms with E-state index in [9.17, 15) is 19.2 Å². The standard InChI is InChI=1S/C24H20N4O6S/c1-3-33-21(30)19-16(17-5-4-10-34-17)13-35-20(19)26-18(29)12-28-22(31)24(2,27-23(28)32)15-8-6-14(11-25)7-9-15/h4-10,13H,3,12H2,1-2H3,(H,26,29)(H,27,32). The zero-order chi connectivity index (χ0) is 25.2. The van der Waals surface area contributed by atoms with Crippen LogP contribution in [0.25, 0.3) is 11.3 Å². The second-order valence-corrected chi connectivity index (χ2v) is 8.61. The minimum absolute atomic E-state index is 0.125. The zero-order valence-corrected chi connectivity index (χ0v) is 19.6. The molecule has 0 bridgehead atoms. The number of hydrogen-bond acceptors (Lipinski definition) is 8. The number of esters is 1. The lowest BCUT2D eigenvalue weighted by atomic mass is 9.91. The Bertz CT molecular complexity index is 1340. The largest absolute Gasteiger partial charge is 0.464 e. The normalized spacial score (nSPS) is 17.1. The van der Waals surface area contributed by atoms with E-state index < -0.39 is 35.9 Å². The van der Waals surface area contributed by atoms with Crippen LogP contribution in [-0.4, -0.2) is 41.9 Å². The molecule has 178 valence electrons. The number of nitrogens with zero attached hydrogens (tertiary/aromatic N) is 2. The lowest BCUT2D eigenvalue weighted by Crippen LogP contribution is -2.42. The number of nitriles is 1. The molecule has 0 aliphatic carbocycles. The van der Waals surface area contributed by atoms with Crippen molar-refractivity contribution in [1.82, 2.24) is 10.2 Å². The number of amides is 4. The molecule has 1 saturated heterocycles. The summed E-state index contributed by atoms with van der Waals surface area (Å²) in [5.41, 5.74) is 0.0739. The molecule has 1 aromatic carbocycles. The van der Waals surface area contributed by atoms with Gasteiger partial charge in [-0.3, -0.25) is 14.5 Å². The lowest BCUT2D eigenvalue weighted by molar-refractivity contribution is -0.133. The predicted octanol–water partition coefficient (Wildman–Crippen LogP) is 3.46. The van der Waals surface area contributed by atoms with Crippen molar-refractivity contribution in [2.24, 2.45) is 0 Å². The summed E-state index contributed by atoms with van der Waals surface area (Å²) in [5, 5.41) is 16.1. The van der Waals surface area contributed by atoms with Crippen LogP contribution in [0.3, 0.4) is 0 Å². The Hall–Kier alpha value is -4.43. The Morgan fingerprint density at radius 3 is 2.63 bits per heavy atom. The molecule has 3 heterocycles. The van der Waals surface area contributed by atoms with Crippen LogP contribution in [0.4, 0.5) is 9.80 Å². The van der Waals surface area contributed by atoms with Gasteiger partial charge in [0, 0.05) is 10.9 Å². The number of imide groups is 1. The van der Waals surface area contributed by atoms with Crippen molar-refractivity contribution >= 4 is 40.2 Å². The molecule has 11 heteroatoms. The average molecular weight is 493 g/mol. The van der Waals surface area contributed by atoms with Gasteiger partial charge < -0.3 is 19.8 Å². The van der Waals surface area contributed by atoms with Gasteiger partial charge in [-0.15, -0.1) is 11.3 Å². The van der Waals surface area contributed by atoms with E-state index in [1.165, 1.54) is 13.2 Å². The number of furan rings is 1. The molecular formula is C24H20N4O6S. The average Bonchev–Trinajstić information content (AvgIpc) is 3.56. The number of urea groups is 1. The first-order valence-corrected chi connectivity index (χ1v) is 11.4. The Labute approximate surface area is 204 Å². The molecule has 3 aromatic rings. The smallest absolute Gasteiger partial charge is 0.341 e. The van der Waals surface area contributed by atoms with Crippen LogP contribution in [-0.2, 0) is 19.9 Å². The number of carbonyl (C=O) groups is 4. The van der Waals surface area contributed by atoms with Gasteiger partial charge in [0.15, 0.2) is 0 Å². The van der Waals surface area contributed by atoms with Crippen molar-refractivity contribution in [1.29, 1.82) is 5.26 Å². The summed E-state index contributed by atoms with van der Waals surface area (Å²) in [7, 11) is 0. The van der Waals surface area contributed by atoms with Crippen LogP contribution in [0.5, 0.6) is 0 Å². The van der Waals surface area contributed by atoms with Crippen LogP contribution in [0.15, 0.2) is 52.5 Å². The van der Waals surface area contributed by atoms with Gasteiger partial charge >= 0.3 is 12.0 Å². The van der Waals surface area contributed by atoms with Gasteiger partial charge in [-0.1, -0.05) is 12.1 Å². The van der Waals surface area contributed by atoms with E-state index in [4.69, 9.17) is 14.4 Å². The molecule has 0 saturated carbocycles. The van der Waals surface area contributed by atoms with Gasteiger partial charge in [0.1, 0.15) is 28.4 Å². The van der Waals surface area contributed by atoms with E-state index in [-0.39, 0.29) is 17.2 Å². The highest BCUT2D eigenvalue weighted by atomic mass is 32.1. The summed E-state index contributed by atoms with van der Waals surface area (Å²) in [6, 6.07) is 10.8. The third-order valence-corrected chi connectivity index (χ3v) is 6.37. The molecule has 1 aliphatic heterocycles. The second-order valence-electron chi connectivity index (χ2n) is 7.74. The molecule has 4 rings (SSSR count). The van der Waals surface area contributed by atoms with Crippen molar-refractivity contribution in [2.45, 2.75) is 19.4 Å². The van der Waals surface area contributed by atoms with Crippen LogP contribution < -0.4 is 10.6 Å². The fraction of sp³-hybridized carbons (Fsp3) is 0.208. The second kappa shape index (κ2) is 9.44. The van der Waals surface area contributed by atoms with Gasteiger partial charge in [0.2, 0.25) is 5.91 Å². The van der Waals surface area contributed by atoms with E-state index >= 15 is 0 Å². The summed E-state index contributed by atoms with van der Waals surface area (Å²) < 4.78 is 10.5. The first kappa shape index (κ1) is 23.7. The molecule has 0 radical (unpaired) electrons. The number of ether oxygens (including phenoxy) is 1. The zero-order valence-electron chi connectivity index (χ0n) is 18.8. The molecule has 10 nitrogen and oxygen atoms in total. The number of hydrogen-bond donors (Lipinski definition) is 2. The predicted molar refractivity (Wildman–Crippen MR) is 125 cm³/mol. The van der Waals surface area contributed by atoms with Crippen LogP contribution in [0.2, 0.25) is 0 Å². The Balaban J connectivity index is 1.54. The lowest BCUT2D eigenvalue weighted by Gasteiger charge is -2.22. The third-order valence-electron chi connectivity index (χ3n) is 5.48. The van der Waals surface area contributed by atoms with Crippen molar-refractivity contribution in [3.8, 4) is 17.4 Å². The fourth-order valence-corrected chi connectivity index (χ4v) is 4.65. The first-order chi connectivity index (χ1) is 16.8. The molecule has 1 aliphatic rings. The maximum Gasteiger partial charge on any atom is 0.341 e. The maximum atomic E-state index is 13.1. The van der Waals surface area contributed by atoms with Gasteiger partial charge in [-0.2, -0.15) is 5.26 Å². The minimum atomic E-state index is -1.39. The topological polar surface area (TPSA) is 142 Å². The molecule has 2 aromatic heterocycles. The summed E-state index contributed by atoms with van der Waals surface area (Å²) in [6.45, 7) is 2.76. The molecule has 35 heavy (non-hydrogen) atoms. The molecule has 0 spiro atoms. The molecule has 1 fully saturated rings. The summed E-state index contributed by atoms with van der Waals surface area (Å²) in [4.78, 5) is 51.9. The van der Waals surface area contributed by atoms with Crippen LogP contribution >= 0.6 is 11.3 Å². The monoisotopic (exact) mass is 492 g/mol. The van der Waals surface area contributed by atoms with Crippen LogP contribution in [0, 0.1) is 11.3 Å². The first-order valence-electron chi connectivity index (χ1n) is 10.6. The fourth-order valence-electron chi connectivity index (χ4n) is 3.69. The summed E-state index contributed by atoms with van der Waals surface area (Å²) in [5.74, 6) is -1.50. The van der Waals surface area contributed by atoms with Gasteiger partial charge in [-0.05, 0) is 43.7 Å². The number of nitrogens with one attached hydrogen (secondary N) is 2. The maximum absolute atomic E-state index is 13.1. The van der Waals surface area contributed by atoms with E-state index in [2.05, 4.69) is 10.6 Å². The Kier molecular flexibility index (Phi) is 6.40. The van der Waals surface area contributed by atoms with E-state index in [0.29, 0.717) is 22.5 Å². The van der Waals surface area contributed by atoms with E-state index in [1.807, 2.05) is 6.07 Å². The number of thiophene rings is 1. The quantitative estimate of drug-likeness (QED) is 0.380. The highest BCUT2D eigenvalue weighted by Crippen LogP contribution is 2.36. The number of rotatable bonds is 7. The van der Waals surface area contributed by atoms with Gasteiger partial charge in [-0.25, -0.2) is 9.59 Å².